The minimum absolute atomic E-state index is 0.118. The summed E-state index contributed by atoms with van der Waals surface area (Å²) in [5, 5.41) is 10.8. The molecule has 100 valence electrons. The van der Waals surface area contributed by atoms with Gasteiger partial charge in [-0.05, 0) is 24.6 Å². The first kappa shape index (κ1) is 13.9. The van der Waals surface area contributed by atoms with E-state index in [2.05, 4.69) is 29.2 Å². The van der Waals surface area contributed by atoms with Crippen molar-refractivity contribution in [1.29, 1.82) is 0 Å². The van der Waals surface area contributed by atoms with Crippen molar-refractivity contribution in [3.8, 4) is 11.8 Å². The lowest BCUT2D eigenvalue weighted by atomic mass is 10.2. The van der Waals surface area contributed by atoms with Gasteiger partial charge in [-0.3, -0.25) is 4.90 Å². The first-order valence-electron chi connectivity index (χ1n) is 6.15. The predicted molar refractivity (Wildman–Crippen MR) is 76.8 cm³/mol. The highest BCUT2D eigenvalue weighted by Gasteiger charge is 2.07. The Morgan fingerprint density at radius 3 is 3.00 bits per heavy atom. The molecule has 0 aromatic carbocycles. The smallest absolute Gasteiger partial charge is 0.0947 e. The third kappa shape index (κ3) is 4.25. The normalized spacial score (nSPS) is 10.5. The van der Waals surface area contributed by atoms with Gasteiger partial charge < -0.3 is 9.52 Å². The van der Waals surface area contributed by atoms with Gasteiger partial charge in [-0.2, -0.15) is 0 Å². The summed E-state index contributed by atoms with van der Waals surface area (Å²) in [6.07, 6.45) is 3.99. The maximum absolute atomic E-state index is 8.74. The Morgan fingerprint density at radius 2 is 2.26 bits per heavy atom. The van der Waals surface area contributed by atoms with Crippen LogP contribution in [0.2, 0.25) is 0 Å². The quantitative estimate of drug-likeness (QED) is 0.852. The van der Waals surface area contributed by atoms with Crippen molar-refractivity contribution >= 4 is 11.3 Å². The van der Waals surface area contributed by atoms with Gasteiger partial charge in [-0.25, -0.2) is 0 Å². The fourth-order valence-corrected chi connectivity index (χ4v) is 2.69. The van der Waals surface area contributed by atoms with Gasteiger partial charge in [-0.15, -0.1) is 11.3 Å². The van der Waals surface area contributed by atoms with Gasteiger partial charge in [0.2, 0.25) is 0 Å². The molecule has 2 heterocycles. The Hall–Kier alpha value is -1.54. The van der Waals surface area contributed by atoms with E-state index in [1.807, 2.05) is 12.1 Å². The summed E-state index contributed by atoms with van der Waals surface area (Å²) in [5.41, 5.74) is 2.24. The molecule has 0 aliphatic heterocycles. The molecule has 0 spiro atoms. The summed E-state index contributed by atoms with van der Waals surface area (Å²) in [4.78, 5) is 3.49. The molecule has 2 rings (SSSR count). The van der Waals surface area contributed by atoms with Crippen molar-refractivity contribution in [3.63, 3.8) is 0 Å². The van der Waals surface area contributed by atoms with E-state index in [4.69, 9.17) is 9.52 Å². The van der Waals surface area contributed by atoms with Gasteiger partial charge in [0.05, 0.1) is 19.1 Å². The second-order valence-corrected chi connectivity index (χ2v) is 5.34. The zero-order valence-electron chi connectivity index (χ0n) is 10.9. The van der Waals surface area contributed by atoms with E-state index in [9.17, 15) is 0 Å². The monoisotopic (exact) mass is 275 g/mol. The number of aliphatic hydroxyl groups excluding tert-OH is 1. The molecule has 0 amide bonds. The van der Waals surface area contributed by atoms with Crippen LogP contribution in [0, 0.1) is 11.8 Å². The molecular weight excluding hydrogens is 258 g/mol. The van der Waals surface area contributed by atoms with E-state index in [0.29, 0.717) is 6.42 Å². The summed E-state index contributed by atoms with van der Waals surface area (Å²) in [6.45, 7) is 1.84. The largest absolute Gasteiger partial charge is 0.472 e. The predicted octanol–water partition coefficient (Wildman–Crippen LogP) is 2.71. The van der Waals surface area contributed by atoms with Crippen LogP contribution in [0.1, 0.15) is 22.4 Å². The second-order valence-electron chi connectivity index (χ2n) is 4.34. The summed E-state index contributed by atoms with van der Waals surface area (Å²) >= 11 is 1.72. The third-order valence-corrected chi connectivity index (χ3v) is 3.56. The molecule has 0 saturated heterocycles. The van der Waals surface area contributed by atoms with Crippen LogP contribution in [0.5, 0.6) is 0 Å². The molecule has 19 heavy (non-hydrogen) atoms. The fourth-order valence-electron chi connectivity index (χ4n) is 1.78. The summed E-state index contributed by atoms with van der Waals surface area (Å²) in [5.74, 6) is 6.08. The Labute approximate surface area is 117 Å². The van der Waals surface area contributed by atoms with Gasteiger partial charge >= 0.3 is 0 Å². The molecule has 0 fully saturated rings. The molecule has 0 bridgehead atoms. The zero-order chi connectivity index (χ0) is 13.5. The van der Waals surface area contributed by atoms with Crippen molar-refractivity contribution in [1.82, 2.24) is 4.90 Å². The molecule has 3 nitrogen and oxygen atoms in total. The number of thiophene rings is 1. The van der Waals surface area contributed by atoms with Crippen LogP contribution >= 0.6 is 11.3 Å². The second kappa shape index (κ2) is 7.15. The summed E-state index contributed by atoms with van der Waals surface area (Å²) < 4.78 is 5.07. The highest BCUT2D eigenvalue weighted by Crippen LogP contribution is 2.18. The lowest BCUT2D eigenvalue weighted by molar-refractivity contribution is 0.305. The molecule has 4 heteroatoms. The third-order valence-electron chi connectivity index (χ3n) is 2.65. The van der Waals surface area contributed by atoms with Gasteiger partial charge in [-0.1, -0.05) is 11.8 Å². The lowest BCUT2D eigenvalue weighted by Gasteiger charge is -2.14. The standard InChI is InChI=1S/C15H17NO2S/c1-16(10-13-5-8-18-12-13)11-15-14(6-9-19-15)4-2-3-7-17/h5-6,8-9,12,17H,3,7,10-11H2,1H3. The average Bonchev–Trinajstić information content (AvgIpc) is 3.02. The minimum Gasteiger partial charge on any atom is -0.472 e. The Bertz CT molecular complexity index is 548. The average molecular weight is 275 g/mol. The SMILES string of the molecule is CN(Cc1ccoc1)Cc1sccc1C#CCCO. The first-order valence-corrected chi connectivity index (χ1v) is 7.03. The highest BCUT2D eigenvalue weighted by atomic mass is 32.1. The van der Waals surface area contributed by atoms with Crippen LogP contribution in [-0.2, 0) is 13.1 Å². The van der Waals surface area contributed by atoms with Gasteiger partial charge in [0, 0.05) is 35.5 Å². The molecule has 2 aromatic heterocycles. The van der Waals surface area contributed by atoms with Gasteiger partial charge in [0.25, 0.3) is 0 Å². The Kier molecular flexibility index (Phi) is 5.22. The van der Waals surface area contributed by atoms with E-state index in [1.54, 1.807) is 23.9 Å². The topological polar surface area (TPSA) is 36.6 Å². The van der Waals surface area contributed by atoms with E-state index < -0.39 is 0 Å². The lowest BCUT2D eigenvalue weighted by Crippen LogP contribution is -2.16. The zero-order valence-corrected chi connectivity index (χ0v) is 11.7. The van der Waals surface area contributed by atoms with E-state index >= 15 is 0 Å². The van der Waals surface area contributed by atoms with Crippen LogP contribution in [0.4, 0.5) is 0 Å². The molecule has 0 radical (unpaired) electrons. The first-order chi connectivity index (χ1) is 9.29. The summed E-state index contributed by atoms with van der Waals surface area (Å²) in [7, 11) is 2.08. The van der Waals surface area contributed by atoms with Crippen LogP contribution in [0.15, 0.2) is 34.5 Å². The molecule has 0 saturated carbocycles. The van der Waals surface area contributed by atoms with E-state index in [0.717, 1.165) is 18.7 Å². The number of rotatable bonds is 5. The molecule has 2 aromatic rings. The molecule has 0 aliphatic carbocycles. The molecule has 0 atom stereocenters. The molecule has 0 unspecified atom stereocenters. The van der Waals surface area contributed by atoms with Crippen LogP contribution < -0.4 is 0 Å². The highest BCUT2D eigenvalue weighted by molar-refractivity contribution is 7.10. The molecule has 0 aliphatic rings. The van der Waals surface area contributed by atoms with Crippen molar-refractivity contribution in [2.75, 3.05) is 13.7 Å². The molecule has 1 N–H and O–H groups in total. The minimum atomic E-state index is 0.118. The van der Waals surface area contributed by atoms with Gasteiger partial charge in [0.1, 0.15) is 0 Å². The maximum Gasteiger partial charge on any atom is 0.0947 e. The molecular formula is C15H17NO2S. The number of hydrogen-bond donors (Lipinski definition) is 1. The van der Waals surface area contributed by atoms with Crippen molar-refractivity contribution in [2.45, 2.75) is 19.5 Å². The van der Waals surface area contributed by atoms with Crippen LogP contribution in [0.25, 0.3) is 0 Å². The number of hydrogen-bond acceptors (Lipinski definition) is 4. The fraction of sp³-hybridized carbons (Fsp3) is 0.333. The number of nitrogens with zero attached hydrogens (tertiary/aromatic N) is 1. The van der Waals surface area contributed by atoms with E-state index in [-0.39, 0.29) is 6.61 Å². The van der Waals surface area contributed by atoms with Crippen LogP contribution in [0.3, 0.4) is 0 Å². The summed E-state index contributed by atoms with van der Waals surface area (Å²) in [6, 6.07) is 4.02. The Balaban J connectivity index is 1.96. The number of furan rings is 1. The van der Waals surface area contributed by atoms with Crippen molar-refractivity contribution in [3.05, 3.63) is 46.0 Å². The van der Waals surface area contributed by atoms with Gasteiger partial charge in [0.15, 0.2) is 0 Å². The van der Waals surface area contributed by atoms with Crippen LogP contribution in [-0.4, -0.2) is 23.7 Å². The van der Waals surface area contributed by atoms with Crippen molar-refractivity contribution in [2.24, 2.45) is 0 Å². The van der Waals surface area contributed by atoms with Crippen molar-refractivity contribution < 1.29 is 9.52 Å². The number of aliphatic hydroxyl groups is 1. The van der Waals surface area contributed by atoms with E-state index in [1.165, 1.54) is 10.4 Å². The maximum atomic E-state index is 8.74. The Morgan fingerprint density at radius 1 is 1.37 bits per heavy atom.